The van der Waals surface area contributed by atoms with Gasteiger partial charge in [0, 0.05) is 29.4 Å². The number of likely N-dealkylation sites (N-methyl/N-ethyl adjacent to an activating group) is 1. The Labute approximate surface area is 102 Å². The van der Waals surface area contributed by atoms with Crippen LogP contribution in [0.1, 0.15) is 16.7 Å². The van der Waals surface area contributed by atoms with Gasteiger partial charge in [0.1, 0.15) is 0 Å². The summed E-state index contributed by atoms with van der Waals surface area (Å²) in [5, 5.41) is 13.4. The number of hydrogen-bond acceptors (Lipinski definition) is 4. The molecule has 0 saturated carbocycles. The largest absolute Gasteiger partial charge is 0.388 e. The van der Waals surface area contributed by atoms with Crippen LogP contribution in [0.25, 0.3) is 0 Å². The van der Waals surface area contributed by atoms with Crippen LogP contribution in [-0.4, -0.2) is 42.8 Å². The van der Waals surface area contributed by atoms with Crippen molar-refractivity contribution in [1.29, 1.82) is 0 Å². The van der Waals surface area contributed by atoms with Gasteiger partial charge >= 0.3 is 0 Å². The van der Waals surface area contributed by atoms with Gasteiger partial charge in [0.05, 0.1) is 5.60 Å². The summed E-state index contributed by atoms with van der Waals surface area (Å²) < 4.78 is 0. The third-order valence-electron chi connectivity index (χ3n) is 2.26. The van der Waals surface area contributed by atoms with E-state index in [1.54, 1.807) is 11.3 Å². The molecule has 1 aromatic heterocycles. The van der Waals surface area contributed by atoms with Crippen molar-refractivity contribution in [1.82, 2.24) is 10.2 Å². The van der Waals surface area contributed by atoms with Crippen LogP contribution in [-0.2, 0) is 6.54 Å². The summed E-state index contributed by atoms with van der Waals surface area (Å²) in [6.07, 6.45) is 0. The maximum atomic E-state index is 10.1. The van der Waals surface area contributed by atoms with Gasteiger partial charge in [-0.1, -0.05) is 0 Å². The van der Waals surface area contributed by atoms with Gasteiger partial charge in [-0.05, 0) is 40.1 Å². The van der Waals surface area contributed by atoms with Gasteiger partial charge in [-0.15, -0.1) is 11.3 Å². The van der Waals surface area contributed by atoms with Gasteiger partial charge in [0.2, 0.25) is 0 Å². The van der Waals surface area contributed by atoms with E-state index >= 15 is 0 Å². The average molecular weight is 242 g/mol. The van der Waals surface area contributed by atoms with Gasteiger partial charge < -0.3 is 15.3 Å². The molecule has 0 spiro atoms. The number of thiophene rings is 1. The Morgan fingerprint density at radius 1 is 1.44 bits per heavy atom. The Morgan fingerprint density at radius 2 is 2.12 bits per heavy atom. The first kappa shape index (κ1) is 13.6. The Morgan fingerprint density at radius 3 is 2.62 bits per heavy atom. The number of hydrogen-bond donors (Lipinski definition) is 2. The average Bonchev–Trinajstić information content (AvgIpc) is 2.48. The molecule has 1 aromatic rings. The van der Waals surface area contributed by atoms with E-state index in [4.69, 9.17) is 0 Å². The fourth-order valence-corrected chi connectivity index (χ4v) is 2.63. The third-order valence-corrected chi connectivity index (χ3v) is 3.26. The second kappa shape index (κ2) is 5.77. The van der Waals surface area contributed by atoms with E-state index < -0.39 is 5.60 Å². The predicted molar refractivity (Wildman–Crippen MR) is 69.9 cm³/mol. The van der Waals surface area contributed by atoms with E-state index in [-0.39, 0.29) is 0 Å². The number of aryl methyl sites for hydroxylation is 1. The maximum Gasteiger partial charge on any atom is 0.0869 e. The van der Waals surface area contributed by atoms with E-state index in [1.807, 2.05) is 25.9 Å². The summed E-state index contributed by atoms with van der Waals surface area (Å²) in [5.41, 5.74) is -0.671. The third kappa shape index (κ3) is 5.07. The van der Waals surface area contributed by atoms with Crippen LogP contribution in [0.4, 0.5) is 0 Å². The normalized spacial score (nSPS) is 15.4. The monoisotopic (exact) mass is 242 g/mol. The lowest BCUT2D eigenvalue weighted by molar-refractivity contribution is 0.0336. The minimum Gasteiger partial charge on any atom is -0.388 e. The summed E-state index contributed by atoms with van der Waals surface area (Å²) in [5.74, 6) is 0. The van der Waals surface area contributed by atoms with Crippen molar-refractivity contribution in [3.05, 3.63) is 21.9 Å². The van der Waals surface area contributed by atoms with Crippen molar-refractivity contribution in [2.45, 2.75) is 26.0 Å². The highest BCUT2D eigenvalue weighted by atomic mass is 32.1. The zero-order valence-electron chi connectivity index (χ0n) is 10.6. The first-order valence-electron chi connectivity index (χ1n) is 5.52. The molecule has 4 heteroatoms. The van der Waals surface area contributed by atoms with E-state index in [0.717, 1.165) is 6.54 Å². The number of aliphatic hydroxyl groups is 1. The molecule has 2 N–H and O–H groups in total. The lowest BCUT2D eigenvalue weighted by atomic mass is 10.1. The summed E-state index contributed by atoms with van der Waals surface area (Å²) in [6, 6.07) is 4.26. The highest BCUT2D eigenvalue weighted by Crippen LogP contribution is 2.14. The SMILES string of the molecule is Cc1ccc(CNCC(C)(O)CN(C)C)s1. The number of nitrogens with zero attached hydrogens (tertiary/aromatic N) is 1. The van der Waals surface area contributed by atoms with Crippen LogP contribution < -0.4 is 5.32 Å². The molecule has 0 bridgehead atoms. The van der Waals surface area contributed by atoms with Crippen LogP contribution in [0, 0.1) is 6.92 Å². The van der Waals surface area contributed by atoms with Crippen LogP contribution in [0.2, 0.25) is 0 Å². The van der Waals surface area contributed by atoms with Crippen LogP contribution in [0.5, 0.6) is 0 Å². The standard InChI is InChI=1S/C12H22N2OS/c1-10-5-6-11(16-10)7-13-8-12(2,15)9-14(3)4/h5-6,13,15H,7-9H2,1-4H3. The molecule has 0 aromatic carbocycles. The fraction of sp³-hybridized carbons (Fsp3) is 0.667. The molecule has 1 rings (SSSR count). The second-order valence-corrected chi connectivity index (χ2v) is 6.22. The maximum absolute atomic E-state index is 10.1. The highest BCUT2D eigenvalue weighted by molar-refractivity contribution is 7.11. The second-order valence-electron chi connectivity index (χ2n) is 4.85. The van der Waals surface area contributed by atoms with E-state index in [1.165, 1.54) is 9.75 Å². The summed E-state index contributed by atoms with van der Waals surface area (Å²) in [6.45, 7) is 6.09. The Bertz CT molecular complexity index is 321. The molecule has 16 heavy (non-hydrogen) atoms. The van der Waals surface area contributed by atoms with Crippen LogP contribution >= 0.6 is 11.3 Å². The molecular formula is C12H22N2OS. The quantitative estimate of drug-likeness (QED) is 0.793. The molecule has 0 aliphatic heterocycles. The van der Waals surface area contributed by atoms with E-state index in [9.17, 15) is 5.11 Å². The van der Waals surface area contributed by atoms with E-state index in [0.29, 0.717) is 13.1 Å². The zero-order valence-corrected chi connectivity index (χ0v) is 11.4. The minimum atomic E-state index is -0.671. The molecule has 92 valence electrons. The summed E-state index contributed by atoms with van der Waals surface area (Å²) in [7, 11) is 3.94. The molecular weight excluding hydrogens is 220 g/mol. The lowest BCUT2D eigenvalue weighted by Gasteiger charge is -2.27. The van der Waals surface area contributed by atoms with Crippen molar-refractivity contribution in [2.75, 3.05) is 27.2 Å². The Kier molecular flexibility index (Phi) is 4.92. The topological polar surface area (TPSA) is 35.5 Å². The molecule has 1 unspecified atom stereocenters. The lowest BCUT2D eigenvalue weighted by Crippen LogP contribution is -2.45. The fourth-order valence-electron chi connectivity index (χ4n) is 1.77. The van der Waals surface area contributed by atoms with Crippen molar-refractivity contribution < 1.29 is 5.11 Å². The minimum absolute atomic E-state index is 0.613. The van der Waals surface area contributed by atoms with Crippen LogP contribution in [0.15, 0.2) is 12.1 Å². The molecule has 0 fully saturated rings. The first-order chi connectivity index (χ1) is 7.39. The van der Waals surface area contributed by atoms with Gasteiger partial charge in [-0.3, -0.25) is 0 Å². The molecule has 0 radical (unpaired) electrons. The summed E-state index contributed by atoms with van der Waals surface area (Å²) in [4.78, 5) is 4.65. The van der Waals surface area contributed by atoms with E-state index in [2.05, 4.69) is 24.4 Å². The molecule has 1 atom stereocenters. The van der Waals surface area contributed by atoms with Crippen molar-refractivity contribution in [2.24, 2.45) is 0 Å². The van der Waals surface area contributed by atoms with Gasteiger partial charge in [0.25, 0.3) is 0 Å². The molecule has 0 aliphatic carbocycles. The van der Waals surface area contributed by atoms with Gasteiger partial charge in [-0.2, -0.15) is 0 Å². The Balaban J connectivity index is 2.29. The van der Waals surface area contributed by atoms with Crippen molar-refractivity contribution >= 4 is 11.3 Å². The number of rotatable bonds is 6. The molecule has 0 saturated heterocycles. The zero-order chi connectivity index (χ0) is 12.2. The first-order valence-corrected chi connectivity index (χ1v) is 6.34. The molecule has 0 aliphatic rings. The van der Waals surface area contributed by atoms with Gasteiger partial charge in [0.15, 0.2) is 0 Å². The van der Waals surface area contributed by atoms with Gasteiger partial charge in [-0.25, -0.2) is 0 Å². The predicted octanol–water partition coefficient (Wildman–Crippen LogP) is 1.46. The summed E-state index contributed by atoms with van der Waals surface area (Å²) >= 11 is 1.80. The molecule has 0 amide bonds. The Hall–Kier alpha value is -0.420. The number of nitrogens with one attached hydrogen (secondary N) is 1. The van der Waals surface area contributed by atoms with Crippen molar-refractivity contribution in [3.8, 4) is 0 Å². The highest BCUT2D eigenvalue weighted by Gasteiger charge is 2.20. The smallest absolute Gasteiger partial charge is 0.0869 e. The van der Waals surface area contributed by atoms with Crippen molar-refractivity contribution in [3.63, 3.8) is 0 Å². The molecule has 3 nitrogen and oxygen atoms in total. The molecule has 1 heterocycles. The van der Waals surface area contributed by atoms with Crippen LogP contribution in [0.3, 0.4) is 0 Å².